The number of nitrogens with one attached hydrogen (secondary N) is 2. The molecule has 0 aromatic carbocycles. The van der Waals surface area contributed by atoms with Crippen molar-refractivity contribution in [1.82, 2.24) is 19.7 Å². The molecular weight excluding hydrogens is 425 g/mol. The van der Waals surface area contributed by atoms with Gasteiger partial charge < -0.3 is 20.1 Å². The van der Waals surface area contributed by atoms with Crippen LogP contribution in [0, 0.1) is 12.8 Å². The summed E-state index contributed by atoms with van der Waals surface area (Å²) in [6.07, 6.45) is -2.12. The zero-order valence-corrected chi connectivity index (χ0v) is 17.2. The molecule has 1 fully saturated rings. The number of fused-ring (bicyclic) bond motifs is 3. The van der Waals surface area contributed by atoms with Crippen LogP contribution in [0.5, 0.6) is 5.88 Å². The van der Waals surface area contributed by atoms with E-state index < -0.39 is 18.1 Å². The summed E-state index contributed by atoms with van der Waals surface area (Å²) in [5, 5.41) is 11.0. The van der Waals surface area contributed by atoms with Crippen molar-refractivity contribution in [3.8, 4) is 5.88 Å². The largest absolute Gasteiger partial charge is 0.475 e. The molecule has 0 aliphatic carbocycles. The maximum absolute atomic E-state index is 13.6. The minimum atomic E-state index is -4.39. The van der Waals surface area contributed by atoms with E-state index in [9.17, 15) is 13.2 Å². The van der Waals surface area contributed by atoms with Crippen LogP contribution in [0.25, 0.3) is 0 Å². The highest BCUT2D eigenvalue weighted by Gasteiger charge is 2.48. The Morgan fingerprint density at radius 3 is 2.83 bits per heavy atom. The lowest BCUT2D eigenvalue weighted by Gasteiger charge is -2.33. The Hall–Kier alpha value is -2.27. The van der Waals surface area contributed by atoms with Gasteiger partial charge in [-0.05, 0) is 20.3 Å². The van der Waals surface area contributed by atoms with Crippen LogP contribution in [0.15, 0.2) is 6.20 Å². The Bertz CT molecular complexity index is 922. The molecule has 4 rings (SSSR count). The van der Waals surface area contributed by atoms with E-state index in [1.807, 2.05) is 6.92 Å². The molecule has 12 heteroatoms. The Balaban J connectivity index is 1.74. The molecule has 0 amide bonds. The number of rotatable bonds is 1. The van der Waals surface area contributed by atoms with Crippen molar-refractivity contribution in [3.05, 3.63) is 16.9 Å². The molecule has 164 valence electrons. The molecule has 2 aromatic rings. The number of nitrogens with zero attached hydrogens (tertiary/aromatic N) is 4. The third kappa shape index (κ3) is 4.13. The number of aromatic nitrogens is 4. The fourth-order valence-corrected chi connectivity index (χ4v) is 3.82. The van der Waals surface area contributed by atoms with Crippen LogP contribution in [0.4, 0.5) is 30.6 Å². The molecule has 2 N–H and O–H groups in total. The van der Waals surface area contributed by atoms with Crippen molar-refractivity contribution >= 4 is 29.1 Å². The van der Waals surface area contributed by atoms with Gasteiger partial charge in [0.15, 0.2) is 5.82 Å². The summed E-state index contributed by atoms with van der Waals surface area (Å²) in [7, 11) is 0. The van der Waals surface area contributed by atoms with E-state index in [0.29, 0.717) is 35.2 Å². The number of anilines is 3. The van der Waals surface area contributed by atoms with Crippen molar-refractivity contribution in [3.63, 3.8) is 0 Å². The summed E-state index contributed by atoms with van der Waals surface area (Å²) in [6.45, 7) is 3.81. The Morgan fingerprint density at radius 2 is 2.07 bits per heavy atom. The zero-order chi connectivity index (χ0) is 21.5. The maximum Gasteiger partial charge on any atom is 0.396 e. The smallest absolute Gasteiger partial charge is 0.396 e. The first-order valence-electron chi connectivity index (χ1n) is 9.66. The van der Waals surface area contributed by atoms with E-state index in [1.165, 1.54) is 10.9 Å². The van der Waals surface area contributed by atoms with Crippen LogP contribution in [-0.2, 0) is 4.74 Å². The second-order valence-electron chi connectivity index (χ2n) is 7.49. The van der Waals surface area contributed by atoms with Gasteiger partial charge in [-0.15, -0.1) is 5.10 Å². The van der Waals surface area contributed by atoms with Gasteiger partial charge in [-0.2, -0.15) is 18.2 Å². The predicted molar refractivity (Wildman–Crippen MR) is 105 cm³/mol. The molecule has 30 heavy (non-hydrogen) atoms. The molecule has 0 spiro atoms. The summed E-state index contributed by atoms with van der Waals surface area (Å²) < 4.78 is 53.1. The number of hydrogen-bond acceptors (Lipinski definition) is 7. The fraction of sp³-hybridized carbons (Fsp3) is 0.611. The van der Waals surface area contributed by atoms with E-state index in [0.717, 1.165) is 0 Å². The summed E-state index contributed by atoms with van der Waals surface area (Å²) >= 11 is 6.17. The molecule has 2 aromatic heterocycles. The lowest BCUT2D eigenvalue weighted by atomic mass is 9.95. The summed E-state index contributed by atoms with van der Waals surface area (Å²) in [6, 6.07) is -0.882. The summed E-state index contributed by atoms with van der Waals surface area (Å²) in [5.41, 5.74) is 0.941. The van der Waals surface area contributed by atoms with Gasteiger partial charge in [0.2, 0.25) is 5.95 Å². The first-order valence-corrected chi connectivity index (χ1v) is 10.0. The van der Waals surface area contributed by atoms with Crippen LogP contribution in [-0.4, -0.2) is 51.8 Å². The van der Waals surface area contributed by atoms with Crippen LogP contribution in [0.1, 0.15) is 31.5 Å². The number of ether oxygens (including phenoxy) is 2. The molecule has 0 radical (unpaired) electrons. The van der Waals surface area contributed by atoms with E-state index in [2.05, 4.69) is 25.7 Å². The first kappa shape index (κ1) is 21.0. The maximum atomic E-state index is 13.6. The van der Waals surface area contributed by atoms with Crippen LogP contribution in [0.3, 0.4) is 0 Å². The van der Waals surface area contributed by atoms with Gasteiger partial charge in [-0.3, -0.25) is 4.68 Å². The molecule has 2 aliphatic heterocycles. The van der Waals surface area contributed by atoms with E-state index in [1.54, 1.807) is 6.92 Å². The van der Waals surface area contributed by atoms with Gasteiger partial charge in [0.25, 0.3) is 5.88 Å². The summed E-state index contributed by atoms with van der Waals surface area (Å²) in [5.74, 6) is -0.722. The average Bonchev–Trinajstić information content (AvgIpc) is 2.98. The number of halogens is 4. The molecule has 8 nitrogen and oxygen atoms in total. The van der Waals surface area contributed by atoms with Crippen molar-refractivity contribution < 1.29 is 22.6 Å². The molecule has 2 aliphatic rings. The molecule has 2 unspecified atom stereocenters. The molecule has 0 saturated carbocycles. The molecule has 4 heterocycles. The van der Waals surface area contributed by atoms with Crippen LogP contribution >= 0.6 is 11.6 Å². The normalized spacial score (nSPS) is 24.7. The molecule has 1 saturated heterocycles. The van der Waals surface area contributed by atoms with Gasteiger partial charge in [0, 0.05) is 19.1 Å². The highest BCUT2D eigenvalue weighted by molar-refractivity contribution is 6.32. The van der Waals surface area contributed by atoms with Gasteiger partial charge >= 0.3 is 6.18 Å². The minimum Gasteiger partial charge on any atom is -0.475 e. The SMILES string of the molecule is Cc1c2c(nn1C1CCOCC1C(F)(F)F)OCC[C@@H](C)Nc1nc(ncc1Cl)N2. The van der Waals surface area contributed by atoms with Crippen molar-refractivity contribution in [2.75, 3.05) is 30.5 Å². The third-order valence-corrected chi connectivity index (χ3v) is 5.60. The van der Waals surface area contributed by atoms with Crippen molar-refractivity contribution in [1.29, 1.82) is 0 Å². The topological polar surface area (TPSA) is 86.1 Å². The van der Waals surface area contributed by atoms with Gasteiger partial charge in [-0.1, -0.05) is 11.6 Å². The second kappa shape index (κ2) is 8.10. The second-order valence-corrected chi connectivity index (χ2v) is 7.89. The summed E-state index contributed by atoms with van der Waals surface area (Å²) in [4.78, 5) is 8.55. The highest BCUT2D eigenvalue weighted by Crippen LogP contribution is 2.42. The van der Waals surface area contributed by atoms with Gasteiger partial charge in [0.05, 0.1) is 31.1 Å². The quantitative estimate of drug-likeness (QED) is 0.682. The van der Waals surface area contributed by atoms with Crippen molar-refractivity contribution in [2.24, 2.45) is 5.92 Å². The van der Waals surface area contributed by atoms with Gasteiger partial charge in [-0.25, -0.2) is 4.98 Å². The number of alkyl halides is 3. The minimum absolute atomic E-state index is 0.0000794. The number of hydrogen-bond donors (Lipinski definition) is 2. The lowest BCUT2D eigenvalue weighted by molar-refractivity contribution is -0.214. The Kier molecular flexibility index (Phi) is 5.67. The van der Waals surface area contributed by atoms with Crippen LogP contribution < -0.4 is 15.4 Å². The monoisotopic (exact) mass is 446 g/mol. The van der Waals surface area contributed by atoms with E-state index >= 15 is 0 Å². The molecule has 3 atom stereocenters. The fourth-order valence-electron chi connectivity index (χ4n) is 3.67. The third-order valence-electron chi connectivity index (χ3n) is 5.33. The Labute approximate surface area is 176 Å². The predicted octanol–water partition coefficient (Wildman–Crippen LogP) is 4.10. The average molecular weight is 447 g/mol. The van der Waals surface area contributed by atoms with Crippen molar-refractivity contribution in [2.45, 2.75) is 44.9 Å². The lowest BCUT2D eigenvalue weighted by Crippen LogP contribution is -2.40. The highest BCUT2D eigenvalue weighted by atomic mass is 35.5. The first-order chi connectivity index (χ1) is 14.2. The molecular formula is C18H22ClF3N6O2. The van der Waals surface area contributed by atoms with E-state index in [4.69, 9.17) is 21.1 Å². The zero-order valence-electron chi connectivity index (χ0n) is 16.5. The van der Waals surface area contributed by atoms with Crippen LogP contribution in [0.2, 0.25) is 5.02 Å². The van der Waals surface area contributed by atoms with Gasteiger partial charge in [0.1, 0.15) is 16.6 Å². The standard InChI is InChI=1S/C18H22ClF3N6O2/c1-9-3-6-30-16-14(25-17-23-7-12(19)15(24-9)26-17)10(2)28(27-16)13-4-5-29-8-11(13)18(20,21)22/h7,9,11,13H,3-6,8H2,1-2H3,(H2,23,24,25,26)/t9-,11?,13?/m1/s1. The Morgan fingerprint density at radius 1 is 1.27 bits per heavy atom. The van der Waals surface area contributed by atoms with E-state index in [-0.39, 0.29) is 37.5 Å². The molecule has 2 bridgehead atoms.